The quantitative estimate of drug-likeness (QED) is 0.604. The molecule has 2 atom stereocenters. The van der Waals surface area contributed by atoms with Crippen molar-refractivity contribution in [2.24, 2.45) is 13.0 Å². The van der Waals surface area contributed by atoms with Gasteiger partial charge in [0.2, 0.25) is 10.0 Å². The number of benzene rings is 1. The molecule has 1 fully saturated rings. The van der Waals surface area contributed by atoms with Crippen LogP contribution >= 0.6 is 0 Å². The van der Waals surface area contributed by atoms with Gasteiger partial charge in [-0.05, 0) is 19.3 Å². The largest absolute Gasteiger partial charge is 0.490 e. The molecule has 10 nitrogen and oxygen atoms in total. The number of aryl methyl sites for hydroxylation is 1. The number of nitrogens with zero attached hydrogens (tertiary/aromatic N) is 2. The maximum Gasteiger partial charge on any atom is 0.409 e. The number of carbonyl (C=O) groups excluding carboxylic acids is 2. The van der Waals surface area contributed by atoms with Crippen molar-refractivity contribution in [3.05, 3.63) is 41.5 Å². The Morgan fingerprint density at radius 3 is 2.57 bits per heavy atom. The molecule has 0 radical (unpaired) electrons. The van der Waals surface area contributed by atoms with Gasteiger partial charge in [-0.25, -0.2) is 31.1 Å². The van der Waals surface area contributed by atoms with E-state index in [1.165, 1.54) is 22.7 Å². The zero-order chi connectivity index (χ0) is 25.5. The van der Waals surface area contributed by atoms with Crippen molar-refractivity contribution >= 4 is 27.7 Å². The highest BCUT2D eigenvalue weighted by Gasteiger charge is 2.41. The van der Waals surface area contributed by atoms with Crippen LogP contribution in [0.15, 0.2) is 23.2 Å². The lowest BCUT2D eigenvalue weighted by Gasteiger charge is -2.17. The van der Waals surface area contributed by atoms with Crippen molar-refractivity contribution in [2.75, 3.05) is 31.6 Å². The maximum atomic E-state index is 13.5. The summed E-state index contributed by atoms with van der Waals surface area (Å²) in [6, 6.07) is 0.606. The number of ether oxygens (including phenoxy) is 2. The smallest absolute Gasteiger partial charge is 0.409 e. The standard InChI is InChI=1S/C21H23F3N4O6S/c1-3-33-21(30)28-8-11-4-5-34-19-16(35(31,32)26-15(11)9-28)10-27(2)18(19)20(29)25-12-6-13(22)17(24)14(23)7-12/h6-7,10-11,15,26H,3-5,8-9H2,1-2H3,(H,25,29)/t11-,15-/m1/s1. The van der Waals surface area contributed by atoms with Gasteiger partial charge in [-0.2, -0.15) is 0 Å². The molecule has 190 valence electrons. The summed E-state index contributed by atoms with van der Waals surface area (Å²) in [5.74, 6) is -6.08. The van der Waals surface area contributed by atoms with E-state index in [-0.39, 0.29) is 54.2 Å². The molecule has 0 bridgehead atoms. The fourth-order valence-corrected chi connectivity index (χ4v) is 5.71. The predicted molar refractivity (Wildman–Crippen MR) is 116 cm³/mol. The SMILES string of the molecule is CCOC(=O)N1C[C@H]2CCOc3c(cn(C)c3C(=O)Nc3cc(F)c(F)c(F)c3)S(=O)(=O)N[C@@H]2C1. The Morgan fingerprint density at radius 2 is 1.91 bits per heavy atom. The molecular formula is C21H23F3N4O6S. The first-order valence-electron chi connectivity index (χ1n) is 10.7. The number of nitrogens with one attached hydrogen (secondary N) is 2. The molecule has 0 unspecified atom stereocenters. The van der Waals surface area contributed by atoms with Crippen molar-refractivity contribution in [3.63, 3.8) is 0 Å². The highest BCUT2D eigenvalue weighted by molar-refractivity contribution is 7.89. The molecule has 1 aromatic heterocycles. The number of hydrogen-bond donors (Lipinski definition) is 2. The molecule has 2 amide bonds. The van der Waals surface area contributed by atoms with E-state index in [1.54, 1.807) is 6.92 Å². The minimum absolute atomic E-state index is 0.0339. The average Bonchev–Trinajstić information content (AvgIpc) is 3.33. The average molecular weight is 516 g/mol. The number of sulfonamides is 1. The zero-order valence-corrected chi connectivity index (χ0v) is 19.6. The number of anilines is 1. The molecule has 1 aromatic carbocycles. The minimum atomic E-state index is -4.19. The Labute approximate surface area is 199 Å². The summed E-state index contributed by atoms with van der Waals surface area (Å²) >= 11 is 0. The Kier molecular flexibility index (Phi) is 6.68. The van der Waals surface area contributed by atoms with E-state index in [9.17, 15) is 31.2 Å². The zero-order valence-electron chi connectivity index (χ0n) is 18.8. The van der Waals surface area contributed by atoms with E-state index in [2.05, 4.69) is 10.0 Å². The van der Waals surface area contributed by atoms with E-state index in [4.69, 9.17) is 9.47 Å². The summed E-state index contributed by atoms with van der Waals surface area (Å²) in [5.41, 5.74) is -0.574. The first-order chi connectivity index (χ1) is 16.5. The van der Waals surface area contributed by atoms with Gasteiger partial charge >= 0.3 is 6.09 Å². The first kappa shape index (κ1) is 24.9. The highest BCUT2D eigenvalue weighted by atomic mass is 32.2. The van der Waals surface area contributed by atoms with E-state index in [1.807, 2.05) is 0 Å². The lowest BCUT2D eigenvalue weighted by atomic mass is 10.0. The number of fused-ring (bicyclic) bond motifs is 2. The van der Waals surface area contributed by atoms with Crippen LogP contribution in [-0.4, -0.2) is 62.2 Å². The molecule has 14 heteroatoms. The third-order valence-electron chi connectivity index (χ3n) is 5.86. The van der Waals surface area contributed by atoms with Crippen LogP contribution < -0.4 is 14.8 Å². The van der Waals surface area contributed by atoms with Crippen LogP contribution in [0.5, 0.6) is 5.75 Å². The normalized spacial score (nSPS) is 21.1. The summed E-state index contributed by atoms with van der Waals surface area (Å²) in [6.45, 7) is 2.27. The molecule has 2 aliphatic rings. The van der Waals surface area contributed by atoms with Gasteiger partial charge in [0, 0.05) is 50.2 Å². The van der Waals surface area contributed by atoms with Gasteiger partial charge in [0.05, 0.1) is 13.2 Å². The molecule has 0 saturated carbocycles. The topological polar surface area (TPSA) is 119 Å². The van der Waals surface area contributed by atoms with E-state index < -0.39 is 45.5 Å². The van der Waals surface area contributed by atoms with Gasteiger partial charge in [-0.1, -0.05) is 0 Å². The summed E-state index contributed by atoms with van der Waals surface area (Å²) in [5, 5.41) is 2.23. The highest BCUT2D eigenvalue weighted by Crippen LogP contribution is 2.34. The van der Waals surface area contributed by atoms with E-state index >= 15 is 0 Å². The van der Waals surface area contributed by atoms with Crippen LogP contribution in [0.2, 0.25) is 0 Å². The van der Waals surface area contributed by atoms with Crippen LogP contribution in [0.1, 0.15) is 23.8 Å². The van der Waals surface area contributed by atoms with Gasteiger partial charge in [0.15, 0.2) is 28.9 Å². The molecular weight excluding hydrogens is 493 g/mol. The lowest BCUT2D eigenvalue weighted by molar-refractivity contribution is 0.101. The summed E-state index contributed by atoms with van der Waals surface area (Å²) in [7, 11) is -2.79. The maximum absolute atomic E-state index is 13.5. The van der Waals surface area contributed by atoms with Crippen LogP contribution in [0.3, 0.4) is 0 Å². The minimum Gasteiger partial charge on any atom is -0.490 e. The van der Waals surface area contributed by atoms with Gasteiger partial charge in [0.1, 0.15) is 4.90 Å². The third-order valence-corrected chi connectivity index (χ3v) is 7.34. The number of hydrogen-bond acceptors (Lipinski definition) is 6. The predicted octanol–water partition coefficient (Wildman–Crippen LogP) is 2.21. The second-order valence-electron chi connectivity index (χ2n) is 8.22. The Morgan fingerprint density at radius 1 is 1.23 bits per heavy atom. The number of halogens is 3. The molecule has 35 heavy (non-hydrogen) atoms. The van der Waals surface area contributed by atoms with Crippen molar-refractivity contribution < 1.29 is 40.7 Å². The fourth-order valence-electron chi connectivity index (χ4n) is 4.22. The molecule has 1 saturated heterocycles. The number of carbonyl (C=O) groups is 2. The number of aromatic nitrogens is 1. The third kappa shape index (κ3) is 4.80. The van der Waals surface area contributed by atoms with Gasteiger partial charge < -0.3 is 24.3 Å². The Bertz CT molecular complexity index is 1260. The molecule has 2 aliphatic heterocycles. The number of amides is 2. The molecule has 3 heterocycles. The lowest BCUT2D eigenvalue weighted by Crippen LogP contribution is -2.40. The second kappa shape index (κ2) is 9.41. The Hall–Kier alpha value is -3.26. The number of likely N-dealkylation sites (tertiary alicyclic amines) is 1. The van der Waals surface area contributed by atoms with Crippen molar-refractivity contribution in [1.29, 1.82) is 0 Å². The summed E-state index contributed by atoms with van der Waals surface area (Å²) in [4.78, 5) is 26.1. The van der Waals surface area contributed by atoms with Crippen LogP contribution in [0.25, 0.3) is 0 Å². The van der Waals surface area contributed by atoms with E-state index in [0.29, 0.717) is 18.6 Å². The molecule has 2 N–H and O–H groups in total. The molecule has 2 aromatic rings. The fraction of sp³-hybridized carbons (Fsp3) is 0.429. The van der Waals surface area contributed by atoms with Crippen LogP contribution in [0, 0.1) is 23.4 Å². The summed E-state index contributed by atoms with van der Waals surface area (Å²) < 4.78 is 81.3. The van der Waals surface area contributed by atoms with E-state index in [0.717, 1.165) is 0 Å². The molecule has 4 rings (SSSR count). The first-order valence-corrected chi connectivity index (χ1v) is 12.2. The number of rotatable bonds is 3. The van der Waals surface area contributed by atoms with Gasteiger partial charge in [-0.3, -0.25) is 4.79 Å². The monoisotopic (exact) mass is 516 g/mol. The second-order valence-corrected chi connectivity index (χ2v) is 9.90. The van der Waals surface area contributed by atoms with Crippen LogP contribution in [-0.2, 0) is 21.8 Å². The van der Waals surface area contributed by atoms with Crippen molar-refractivity contribution in [2.45, 2.75) is 24.3 Å². The van der Waals surface area contributed by atoms with Crippen molar-refractivity contribution in [3.8, 4) is 5.75 Å². The Balaban J connectivity index is 1.62. The van der Waals surface area contributed by atoms with Crippen LogP contribution in [0.4, 0.5) is 23.7 Å². The molecule has 0 aliphatic carbocycles. The van der Waals surface area contributed by atoms with Crippen molar-refractivity contribution in [1.82, 2.24) is 14.2 Å². The summed E-state index contributed by atoms with van der Waals surface area (Å²) in [6.07, 6.45) is 1.01. The van der Waals surface area contributed by atoms with Gasteiger partial charge in [0.25, 0.3) is 5.91 Å². The van der Waals surface area contributed by atoms with Gasteiger partial charge in [-0.15, -0.1) is 0 Å². The molecule has 0 spiro atoms.